The maximum Gasteiger partial charge on any atom is 0.306 e. The molecule has 446 valence electrons. The number of amides is 1. The Balaban J connectivity index is 5.13. The minimum Gasteiger partial charge on any atom is -0.756 e. The highest BCUT2D eigenvalue weighted by Crippen LogP contribution is 2.38. The molecule has 1 N–H and O–H groups in total. The molecule has 0 aliphatic carbocycles. The van der Waals surface area contributed by atoms with Gasteiger partial charge in [0.25, 0.3) is 7.82 Å². The Morgan fingerprint density at radius 3 is 1.27 bits per heavy atom. The van der Waals surface area contributed by atoms with Crippen molar-refractivity contribution < 1.29 is 37.3 Å². The zero-order chi connectivity index (χ0) is 56.4. The maximum absolute atomic E-state index is 13.5. The van der Waals surface area contributed by atoms with Gasteiger partial charge in [0.15, 0.2) is 0 Å². The van der Waals surface area contributed by atoms with Gasteiger partial charge in [-0.3, -0.25) is 14.2 Å². The van der Waals surface area contributed by atoms with Crippen LogP contribution < -0.4 is 10.2 Å². The zero-order valence-corrected chi connectivity index (χ0v) is 51.8. The summed E-state index contributed by atoms with van der Waals surface area (Å²) in [6.45, 7) is 6.71. The average Bonchev–Trinajstić information content (AvgIpc) is 3.39. The van der Waals surface area contributed by atoms with Crippen LogP contribution in [0, 0.1) is 0 Å². The lowest BCUT2D eigenvalue weighted by molar-refractivity contribution is -0.870. The second-order valence-corrected chi connectivity index (χ2v) is 23.9. The van der Waals surface area contributed by atoms with E-state index in [0.29, 0.717) is 17.4 Å². The van der Waals surface area contributed by atoms with Crippen LogP contribution in [0.3, 0.4) is 0 Å². The van der Waals surface area contributed by atoms with Gasteiger partial charge in [-0.1, -0.05) is 247 Å². The third-order valence-corrected chi connectivity index (χ3v) is 14.8. The molecule has 0 aliphatic rings. The first-order chi connectivity index (χ1) is 37.4. The highest BCUT2D eigenvalue weighted by Gasteiger charge is 2.27. The van der Waals surface area contributed by atoms with Gasteiger partial charge in [-0.15, -0.1) is 0 Å². The number of carbonyl (C=O) groups excluding carboxylic acids is 2. The summed E-state index contributed by atoms with van der Waals surface area (Å²) in [7, 11) is 1.17. The fourth-order valence-electron chi connectivity index (χ4n) is 8.90. The molecule has 10 heteroatoms. The van der Waals surface area contributed by atoms with E-state index in [1.807, 2.05) is 33.3 Å². The lowest BCUT2D eigenvalue weighted by atomic mass is 10.0. The summed E-state index contributed by atoms with van der Waals surface area (Å²) in [6.07, 6.45) is 74.1. The number of quaternary nitrogens is 1. The number of phosphoric ester groups is 1. The number of likely N-dealkylation sites (N-methyl/N-ethyl adjacent to an activating group) is 1. The van der Waals surface area contributed by atoms with Gasteiger partial charge in [-0.05, 0) is 102 Å². The molecule has 0 aliphatic heterocycles. The molecule has 3 atom stereocenters. The van der Waals surface area contributed by atoms with Crippen molar-refractivity contribution >= 4 is 19.7 Å². The number of nitrogens with zero attached hydrogens (tertiary/aromatic N) is 1. The monoisotopic (exact) mass is 1100 g/mol. The van der Waals surface area contributed by atoms with Crippen LogP contribution in [-0.2, 0) is 27.9 Å². The van der Waals surface area contributed by atoms with Crippen molar-refractivity contribution in [2.24, 2.45) is 0 Å². The molecule has 0 rings (SSSR count). The molecule has 0 saturated heterocycles. The number of hydrogen-bond acceptors (Lipinski definition) is 7. The molecule has 0 aromatic carbocycles. The summed E-state index contributed by atoms with van der Waals surface area (Å²) in [4.78, 5) is 40.0. The van der Waals surface area contributed by atoms with Crippen molar-refractivity contribution in [2.45, 2.75) is 290 Å². The van der Waals surface area contributed by atoms with Crippen molar-refractivity contribution in [1.29, 1.82) is 0 Å². The molecule has 77 heavy (non-hydrogen) atoms. The van der Waals surface area contributed by atoms with E-state index in [9.17, 15) is 19.0 Å². The van der Waals surface area contributed by atoms with E-state index < -0.39 is 26.6 Å². The molecule has 0 saturated carbocycles. The SMILES string of the molecule is CC/C=C\C/C=C\C/C=C\C/C=C\C/C=C\CCCCCCCCCCCC(=O)NC(COP(=O)([O-])OCC[N+](C)(C)C)C(/C=C\CCCCCCCCCCC)OC(=O)CCCCCCCCC/C=C\CCCCCC. The van der Waals surface area contributed by atoms with E-state index in [4.69, 9.17) is 13.8 Å². The minimum absolute atomic E-state index is 0.0270. The summed E-state index contributed by atoms with van der Waals surface area (Å²) in [5.74, 6) is -0.553. The number of allylic oxidation sites excluding steroid dienone is 13. The van der Waals surface area contributed by atoms with E-state index in [1.165, 1.54) is 128 Å². The predicted molar refractivity (Wildman–Crippen MR) is 330 cm³/mol. The van der Waals surface area contributed by atoms with E-state index in [-0.39, 0.29) is 24.9 Å². The molecule has 1 amide bonds. The Labute approximate surface area is 476 Å². The number of phosphoric acid groups is 1. The Kier molecular flexibility index (Phi) is 54.4. The van der Waals surface area contributed by atoms with E-state index in [1.54, 1.807) is 0 Å². The van der Waals surface area contributed by atoms with Crippen molar-refractivity contribution in [3.05, 3.63) is 85.1 Å². The minimum atomic E-state index is -4.70. The third-order valence-electron chi connectivity index (χ3n) is 13.8. The van der Waals surface area contributed by atoms with E-state index in [2.05, 4.69) is 99.0 Å². The van der Waals surface area contributed by atoms with Gasteiger partial charge in [-0.25, -0.2) is 0 Å². The normalized spacial score (nSPS) is 14.2. The van der Waals surface area contributed by atoms with Crippen LogP contribution in [0.2, 0.25) is 0 Å². The van der Waals surface area contributed by atoms with E-state index >= 15 is 0 Å². The van der Waals surface area contributed by atoms with Gasteiger partial charge in [0.05, 0.1) is 33.8 Å². The lowest BCUT2D eigenvalue weighted by Crippen LogP contribution is -2.47. The van der Waals surface area contributed by atoms with E-state index in [0.717, 1.165) is 116 Å². The topological polar surface area (TPSA) is 114 Å². The predicted octanol–water partition coefficient (Wildman–Crippen LogP) is 19.1. The highest BCUT2D eigenvalue weighted by atomic mass is 31.2. The molecular formula is C67H121N2O7P. The zero-order valence-electron chi connectivity index (χ0n) is 50.9. The summed E-state index contributed by atoms with van der Waals surface area (Å²) < 4.78 is 30.3. The molecular weight excluding hydrogens is 976 g/mol. The van der Waals surface area contributed by atoms with Crippen LogP contribution in [0.1, 0.15) is 278 Å². The first-order valence-corrected chi connectivity index (χ1v) is 33.4. The Morgan fingerprint density at radius 1 is 0.468 bits per heavy atom. The Morgan fingerprint density at radius 2 is 0.831 bits per heavy atom. The van der Waals surface area contributed by atoms with Crippen molar-refractivity contribution in [1.82, 2.24) is 5.32 Å². The Bertz CT molecular complexity index is 1590. The number of unbranched alkanes of at least 4 members (excludes halogenated alkanes) is 29. The summed E-state index contributed by atoms with van der Waals surface area (Å²) >= 11 is 0. The van der Waals surface area contributed by atoms with Crippen LogP contribution in [-0.4, -0.2) is 69.4 Å². The second kappa shape index (κ2) is 56.5. The third kappa shape index (κ3) is 57.7. The first kappa shape index (κ1) is 74.2. The molecule has 0 heterocycles. The number of rotatable bonds is 57. The molecule has 0 aromatic rings. The van der Waals surface area contributed by atoms with Gasteiger partial charge < -0.3 is 28.5 Å². The van der Waals surface area contributed by atoms with Gasteiger partial charge in [0, 0.05) is 12.8 Å². The molecule has 0 bridgehead atoms. The van der Waals surface area contributed by atoms with Gasteiger partial charge in [0.1, 0.15) is 19.3 Å². The van der Waals surface area contributed by atoms with Crippen molar-refractivity contribution in [3.8, 4) is 0 Å². The summed E-state index contributed by atoms with van der Waals surface area (Å²) in [6, 6.07) is -0.896. The fourth-order valence-corrected chi connectivity index (χ4v) is 9.62. The van der Waals surface area contributed by atoms with Crippen LogP contribution >= 0.6 is 7.82 Å². The van der Waals surface area contributed by atoms with Crippen molar-refractivity contribution in [2.75, 3.05) is 40.9 Å². The van der Waals surface area contributed by atoms with Crippen LogP contribution in [0.25, 0.3) is 0 Å². The largest absolute Gasteiger partial charge is 0.756 e. The molecule has 0 radical (unpaired) electrons. The van der Waals surface area contributed by atoms with Gasteiger partial charge in [-0.2, -0.15) is 0 Å². The van der Waals surface area contributed by atoms with Gasteiger partial charge in [0.2, 0.25) is 5.91 Å². The molecule has 0 fully saturated rings. The quantitative estimate of drug-likeness (QED) is 0.0212. The van der Waals surface area contributed by atoms with Crippen LogP contribution in [0.5, 0.6) is 0 Å². The van der Waals surface area contributed by atoms with Gasteiger partial charge >= 0.3 is 5.97 Å². The molecule has 3 unspecified atom stereocenters. The number of carbonyl (C=O) groups is 2. The van der Waals surface area contributed by atoms with Crippen LogP contribution in [0.4, 0.5) is 0 Å². The average molecular weight is 1100 g/mol. The number of esters is 1. The summed E-state index contributed by atoms with van der Waals surface area (Å²) in [5.41, 5.74) is 0. The lowest BCUT2D eigenvalue weighted by Gasteiger charge is -2.30. The fraction of sp³-hybridized carbons (Fsp3) is 0.761. The number of nitrogens with one attached hydrogen (secondary N) is 1. The van der Waals surface area contributed by atoms with Crippen LogP contribution in [0.15, 0.2) is 85.1 Å². The second-order valence-electron chi connectivity index (χ2n) is 22.5. The standard InChI is InChI=1S/C67H121N2O7P/c1-7-10-13-16-19-22-25-27-29-30-31-32-33-34-35-36-37-38-40-41-44-47-50-53-56-59-66(70)68-64(63-75-77(72,73)74-62-61-69(4,5)6)65(58-55-52-49-46-43-24-21-18-15-12-9-3)76-67(71)60-57-54-51-48-45-42-39-28-26-23-20-17-14-11-8-2/h10,13,19,22-23,26-27,29,31-32,34-35,55,58,64-65H,7-9,11-12,14-18,20-21,24-25,28,30,33,36-54,56-57,59-63H2,1-6H3,(H-,68,70,72,73)/b13-10-,22-19-,26-23-,29-27-,32-31-,35-34-,58-55-. The Hall–Kier alpha value is -2.81. The smallest absolute Gasteiger partial charge is 0.306 e. The number of hydrogen-bond donors (Lipinski definition) is 1. The summed E-state index contributed by atoms with van der Waals surface area (Å²) in [5, 5.41) is 3.03. The number of ether oxygens (including phenoxy) is 1. The molecule has 0 aromatic heterocycles. The molecule has 0 spiro atoms. The maximum atomic E-state index is 13.5. The highest BCUT2D eigenvalue weighted by molar-refractivity contribution is 7.45. The first-order valence-electron chi connectivity index (χ1n) is 31.9. The van der Waals surface area contributed by atoms with Crippen molar-refractivity contribution in [3.63, 3.8) is 0 Å². The molecule has 9 nitrogen and oxygen atoms in total.